The summed E-state index contributed by atoms with van der Waals surface area (Å²) >= 11 is 0. The summed E-state index contributed by atoms with van der Waals surface area (Å²) in [6.45, 7) is 6.11. The lowest BCUT2D eigenvalue weighted by atomic mass is 9.87. The summed E-state index contributed by atoms with van der Waals surface area (Å²) in [5.74, 6) is 1.80. The number of ether oxygens (including phenoxy) is 2. The average Bonchev–Trinajstić information content (AvgIpc) is 2.53. The molecule has 0 radical (unpaired) electrons. The van der Waals surface area contributed by atoms with Crippen molar-refractivity contribution in [2.45, 2.75) is 70.6 Å². The van der Waals surface area contributed by atoms with Crippen molar-refractivity contribution in [1.29, 1.82) is 0 Å². The molecule has 1 aliphatic heterocycles. The molecule has 25 heavy (non-hydrogen) atoms. The van der Waals surface area contributed by atoms with E-state index in [0.717, 1.165) is 31.6 Å². The second kappa shape index (κ2) is 7.24. The van der Waals surface area contributed by atoms with Crippen LogP contribution < -0.4 is 14.8 Å². The fourth-order valence-electron chi connectivity index (χ4n) is 3.79. The molecule has 5 heteroatoms. The molecule has 1 heterocycles. The molecule has 1 fully saturated rings. The zero-order valence-corrected chi connectivity index (χ0v) is 15.4. The number of aliphatic hydroxyl groups excluding tert-OH is 1. The van der Waals surface area contributed by atoms with E-state index in [0.29, 0.717) is 23.5 Å². The number of benzene rings is 1. The molecule has 1 saturated carbocycles. The van der Waals surface area contributed by atoms with E-state index in [2.05, 4.69) is 12.2 Å². The lowest BCUT2D eigenvalue weighted by molar-refractivity contribution is -0.124. The van der Waals surface area contributed by atoms with Gasteiger partial charge in [-0.3, -0.25) is 4.79 Å². The van der Waals surface area contributed by atoms with Gasteiger partial charge in [0, 0.05) is 12.5 Å². The lowest BCUT2D eigenvalue weighted by Gasteiger charge is -2.36. The number of carbonyl (C=O) groups excluding carboxylic acids is 1. The Labute approximate surface area is 149 Å². The molecular weight excluding hydrogens is 318 g/mol. The van der Waals surface area contributed by atoms with Gasteiger partial charge in [-0.2, -0.15) is 0 Å². The monoisotopic (exact) mass is 347 g/mol. The Morgan fingerprint density at radius 2 is 2.04 bits per heavy atom. The van der Waals surface area contributed by atoms with Crippen LogP contribution in [0.1, 0.15) is 64.5 Å². The normalized spacial score (nSPS) is 27.8. The molecule has 0 bridgehead atoms. The average molecular weight is 347 g/mol. The van der Waals surface area contributed by atoms with Crippen molar-refractivity contribution in [2.24, 2.45) is 5.92 Å². The molecule has 2 aliphatic rings. The predicted octanol–water partition coefficient (Wildman–Crippen LogP) is 3.35. The Kier molecular flexibility index (Phi) is 5.23. The molecule has 1 amide bonds. The highest BCUT2D eigenvalue weighted by atomic mass is 16.5. The molecule has 0 aromatic heterocycles. The number of fused-ring (bicyclic) bond motifs is 1. The predicted molar refractivity (Wildman–Crippen MR) is 95.8 cm³/mol. The third-order valence-electron chi connectivity index (χ3n) is 5.17. The van der Waals surface area contributed by atoms with Crippen LogP contribution in [0.5, 0.6) is 11.5 Å². The van der Waals surface area contributed by atoms with Crippen molar-refractivity contribution in [2.75, 3.05) is 6.61 Å². The van der Waals surface area contributed by atoms with Crippen LogP contribution in [0, 0.1) is 5.92 Å². The Balaban J connectivity index is 1.60. The van der Waals surface area contributed by atoms with Crippen molar-refractivity contribution in [3.05, 3.63) is 23.8 Å². The molecule has 1 aromatic carbocycles. The molecule has 1 aromatic rings. The Hall–Kier alpha value is -1.75. The number of carbonyl (C=O) groups is 1. The molecule has 3 rings (SSSR count). The van der Waals surface area contributed by atoms with E-state index in [1.54, 1.807) is 6.07 Å². The minimum atomic E-state index is -0.655. The number of amides is 1. The van der Waals surface area contributed by atoms with Crippen molar-refractivity contribution < 1.29 is 19.4 Å². The van der Waals surface area contributed by atoms with E-state index >= 15 is 0 Å². The quantitative estimate of drug-likeness (QED) is 0.876. The minimum Gasteiger partial charge on any atom is -0.487 e. The topological polar surface area (TPSA) is 67.8 Å². The van der Waals surface area contributed by atoms with Gasteiger partial charge >= 0.3 is 0 Å². The summed E-state index contributed by atoms with van der Waals surface area (Å²) < 4.78 is 11.6. The molecule has 1 atom stereocenters. The van der Waals surface area contributed by atoms with E-state index in [4.69, 9.17) is 9.47 Å². The first-order valence-corrected chi connectivity index (χ1v) is 9.26. The molecule has 0 saturated heterocycles. The molecule has 1 aliphatic carbocycles. The van der Waals surface area contributed by atoms with Crippen molar-refractivity contribution in [1.82, 2.24) is 5.32 Å². The van der Waals surface area contributed by atoms with Gasteiger partial charge in [0.15, 0.2) is 6.61 Å². The van der Waals surface area contributed by atoms with Crippen molar-refractivity contribution in [3.63, 3.8) is 0 Å². The fourth-order valence-corrected chi connectivity index (χ4v) is 3.79. The van der Waals surface area contributed by atoms with Crippen LogP contribution in [-0.2, 0) is 4.79 Å². The number of rotatable bonds is 4. The first-order chi connectivity index (χ1) is 11.8. The second-order valence-corrected chi connectivity index (χ2v) is 8.06. The van der Waals surface area contributed by atoms with Gasteiger partial charge in [0.25, 0.3) is 5.91 Å². The van der Waals surface area contributed by atoms with Gasteiger partial charge in [-0.05, 0) is 57.6 Å². The Morgan fingerprint density at radius 3 is 2.76 bits per heavy atom. The molecule has 0 spiro atoms. The zero-order chi connectivity index (χ0) is 18.0. The molecule has 138 valence electrons. The van der Waals surface area contributed by atoms with Crippen LogP contribution in [0.2, 0.25) is 0 Å². The zero-order valence-electron chi connectivity index (χ0n) is 15.4. The van der Waals surface area contributed by atoms with Gasteiger partial charge in [0.2, 0.25) is 0 Å². The van der Waals surface area contributed by atoms with Crippen LogP contribution in [0.4, 0.5) is 0 Å². The summed E-state index contributed by atoms with van der Waals surface area (Å²) in [4.78, 5) is 12.2. The highest BCUT2D eigenvalue weighted by Crippen LogP contribution is 2.44. The van der Waals surface area contributed by atoms with E-state index < -0.39 is 11.7 Å². The maximum Gasteiger partial charge on any atom is 0.258 e. The maximum atomic E-state index is 12.2. The van der Waals surface area contributed by atoms with E-state index in [1.165, 1.54) is 0 Å². The van der Waals surface area contributed by atoms with Gasteiger partial charge in [-0.25, -0.2) is 0 Å². The van der Waals surface area contributed by atoms with Gasteiger partial charge in [-0.1, -0.05) is 13.0 Å². The molecule has 2 N–H and O–H groups in total. The molecular formula is C20H29NO4. The standard InChI is InChI=1S/C20H29NO4/c1-13-7-9-14(10-8-13)21-18(23)12-24-16-5-4-6-17-19(16)15(22)11-20(2,3)25-17/h4-6,13-15,22H,7-12H2,1-3H3,(H,21,23)/t13?,14?,15-/m1/s1. The fraction of sp³-hybridized carbons (Fsp3) is 0.650. The van der Waals surface area contributed by atoms with Gasteiger partial charge in [0.05, 0.1) is 11.7 Å². The van der Waals surface area contributed by atoms with Gasteiger partial charge in [0.1, 0.15) is 17.1 Å². The first-order valence-electron chi connectivity index (χ1n) is 9.26. The SMILES string of the molecule is CC1CCC(NC(=O)COc2cccc3c2[C@H](O)CC(C)(C)O3)CC1. The van der Waals surface area contributed by atoms with E-state index in [9.17, 15) is 9.90 Å². The Morgan fingerprint density at radius 1 is 1.32 bits per heavy atom. The third-order valence-corrected chi connectivity index (χ3v) is 5.17. The summed E-state index contributed by atoms with van der Waals surface area (Å²) in [5, 5.41) is 13.5. The lowest BCUT2D eigenvalue weighted by Crippen LogP contribution is -2.40. The van der Waals surface area contributed by atoms with E-state index in [-0.39, 0.29) is 18.6 Å². The molecule has 0 unspecified atom stereocenters. The number of aliphatic hydroxyl groups is 1. The molecule has 5 nitrogen and oxygen atoms in total. The first kappa shape index (κ1) is 18.1. The summed E-state index contributed by atoms with van der Waals surface area (Å²) in [6.07, 6.45) is 4.24. The maximum absolute atomic E-state index is 12.2. The summed E-state index contributed by atoms with van der Waals surface area (Å²) in [7, 11) is 0. The minimum absolute atomic E-state index is 0.0430. The Bertz CT molecular complexity index is 620. The van der Waals surface area contributed by atoms with Crippen LogP contribution >= 0.6 is 0 Å². The highest BCUT2D eigenvalue weighted by molar-refractivity contribution is 5.78. The smallest absolute Gasteiger partial charge is 0.258 e. The van der Waals surface area contributed by atoms with Crippen LogP contribution in [0.25, 0.3) is 0 Å². The van der Waals surface area contributed by atoms with Gasteiger partial charge in [-0.15, -0.1) is 0 Å². The number of hydrogen-bond acceptors (Lipinski definition) is 4. The van der Waals surface area contributed by atoms with Crippen LogP contribution in [0.3, 0.4) is 0 Å². The van der Waals surface area contributed by atoms with Crippen molar-refractivity contribution >= 4 is 5.91 Å². The van der Waals surface area contributed by atoms with Gasteiger partial charge < -0.3 is 19.9 Å². The number of hydrogen-bond donors (Lipinski definition) is 2. The third kappa shape index (κ3) is 4.46. The summed E-state index contributed by atoms with van der Waals surface area (Å²) in [5.41, 5.74) is 0.224. The van der Waals surface area contributed by atoms with E-state index in [1.807, 2.05) is 26.0 Å². The number of nitrogens with one attached hydrogen (secondary N) is 1. The van der Waals surface area contributed by atoms with Crippen LogP contribution in [0.15, 0.2) is 18.2 Å². The van der Waals surface area contributed by atoms with Crippen LogP contribution in [-0.4, -0.2) is 29.3 Å². The summed E-state index contributed by atoms with van der Waals surface area (Å²) in [6, 6.07) is 5.68. The second-order valence-electron chi connectivity index (χ2n) is 8.06. The van der Waals surface area contributed by atoms with Crippen molar-refractivity contribution in [3.8, 4) is 11.5 Å². The highest BCUT2D eigenvalue weighted by Gasteiger charge is 2.35. The largest absolute Gasteiger partial charge is 0.487 e.